The van der Waals surface area contributed by atoms with Gasteiger partial charge in [0, 0.05) is 23.0 Å². The molecule has 3 N–H and O–H groups in total. The lowest BCUT2D eigenvalue weighted by molar-refractivity contribution is -0.120. The summed E-state index contributed by atoms with van der Waals surface area (Å²) >= 11 is 2.10. The number of carbonyl (C=O) groups is 2. The van der Waals surface area contributed by atoms with Crippen LogP contribution >= 0.6 is 22.9 Å². The summed E-state index contributed by atoms with van der Waals surface area (Å²) < 4.78 is 4.21. The summed E-state index contributed by atoms with van der Waals surface area (Å²) in [6, 6.07) is 17.2. The molecule has 0 bridgehead atoms. The molecule has 2 heterocycles. The zero-order valence-corrected chi connectivity index (χ0v) is 20.0. The average Bonchev–Trinajstić information content (AvgIpc) is 3.48. The molecule has 0 aliphatic carbocycles. The number of carboxylic acid groups (broad SMARTS) is 1. The summed E-state index contributed by atoms with van der Waals surface area (Å²) in [7, 11) is 0. The van der Waals surface area contributed by atoms with Crippen molar-refractivity contribution in [1.29, 1.82) is 0 Å². The highest BCUT2D eigenvalue weighted by Crippen LogP contribution is 2.31. The average molecular weight is 494 g/mol. The van der Waals surface area contributed by atoms with E-state index in [9.17, 15) is 19.5 Å². The van der Waals surface area contributed by atoms with Gasteiger partial charge in [-0.3, -0.25) is 14.6 Å². The topological polar surface area (TPSA) is 112 Å². The van der Waals surface area contributed by atoms with Crippen molar-refractivity contribution in [1.82, 2.24) is 9.36 Å². The Kier molecular flexibility index (Phi) is 7.34. The molecule has 0 saturated carbocycles. The summed E-state index contributed by atoms with van der Waals surface area (Å²) in [5.74, 6) is -0.953. The first-order valence-electron chi connectivity index (χ1n) is 10.8. The third-order valence-electron chi connectivity index (χ3n) is 5.51. The molecule has 4 aromatic rings. The third kappa shape index (κ3) is 5.32. The number of aromatic amines is 1. The second-order valence-corrected chi connectivity index (χ2v) is 9.49. The van der Waals surface area contributed by atoms with Gasteiger partial charge in [-0.2, -0.15) is 4.37 Å². The molecule has 1 atom stereocenters. The number of amides is 1. The van der Waals surface area contributed by atoms with Gasteiger partial charge < -0.3 is 10.4 Å². The number of nitrogens with one attached hydrogen (secondary N) is 2. The standard InChI is InChI=1S/C25H23N3O4S2/c1-2-5-17(22(29)27-23-20(24(30)31)12-13-33-23)14-15-8-10-16(11-9-15)18-6-3-4-7-19(18)21-26-25(32)34-28-21/h3-4,6-13,17H,2,5,14H2,1H3,(H,27,29)(H,30,31)(H,26,28,32). The maximum Gasteiger partial charge on any atom is 0.338 e. The fourth-order valence-corrected chi connectivity index (χ4v) is 5.10. The van der Waals surface area contributed by atoms with E-state index in [-0.39, 0.29) is 22.3 Å². The van der Waals surface area contributed by atoms with Gasteiger partial charge in [0.2, 0.25) is 5.91 Å². The molecule has 0 aliphatic heterocycles. The van der Waals surface area contributed by atoms with Crippen LogP contribution in [-0.2, 0) is 11.2 Å². The fraction of sp³-hybridized carbons (Fsp3) is 0.200. The molecule has 1 unspecified atom stereocenters. The number of H-pyrrole nitrogens is 1. The lowest BCUT2D eigenvalue weighted by Gasteiger charge is -2.16. The molecule has 2 aromatic carbocycles. The van der Waals surface area contributed by atoms with E-state index >= 15 is 0 Å². The Labute approximate surface area is 204 Å². The van der Waals surface area contributed by atoms with E-state index in [4.69, 9.17) is 0 Å². The van der Waals surface area contributed by atoms with Crippen LogP contribution in [0.4, 0.5) is 5.00 Å². The summed E-state index contributed by atoms with van der Waals surface area (Å²) in [4.78, 5) is 38.4. The van der Waals surface area contributed by atoms with E-state index in [1.807, 2.05) is 55.5 Å². The summed E-state index contributed by atoms with van der Waals surface area (Å²) in [6.07, 6.45) is 2.09. The second-order valence-electron chi connectivity index (χ2n) is 7.83. The number of benzene rings is 2. The summed E-state index contributed by atoms with van der Waals surface area (Å²) in [5.41, 5.74) is 3.91. The molecule has 1 amide bonds. The van der Waals surface area contributed by atoms with Crippen molar-refractivity contribution in [2.45, 2.75) is 26.2 Å². The van der Waals surface area contributed by atoms with E-state index in [0.717, 1.165) is 40.2 Å². The van der Waals surface area contributed by atoms with Crippen molar-refractivity contribution in [2.24, 2.45) is 5.92 Å². The van der Waals surface area contributed by atoms with Gasteiger partial charge in [0.25, 0.3) is 0 Å². The smallest absolute Gasteiger partial charge is 0.338 e. The highest BCUT2D eigenvalue weighted by molar-refractivity contribution is 7.14. The van der Waals surface area contributed by atoms with Crippen LogP contribution in [0.3, 0.4) is 0 Å². The number of anilines is 1. The maximum absolute atomic E-state index is 12.9. The minimum absolute atomic E-state index is 0.109. The SMILES string of the molecule is CCCC(Cc1ccc(-c2ccccc2-c2nsc(=O)[nH]2)cc1)C(=O)Nc1sccc1C(=O)O. The number of aromatic carboxylic acids is 1. The molecule has 9 heteroatoms. The van der Waals surface area contributed by atoms with Crippen LogP contribution in [-0.4, -0.2) is 26.3 Å². The van der Waals surface area contributed by atoms with Crippen molar-refractivity contribution in [3.63, 3.8) is 0 Å². The number of hydrogen-bond donors (Lipinski definition) is 3. The normalized spacial score (nSPS) is 11.8. The van der Waals surface area contributed by atoms with Crippen molar-refractivity contribution < 1.29 is 14.7 Å². The second kappa shape index (κ2) is 10.6. The van der Waals surface area contributed by atoms with E-state index in [2.05, 4.69) is 14.7 Å². The number of carbonyl (C=O) groups excluding carboxylic acids is 1. The monoisotopic (exact) mass is 493 g/mol. The third-order valence-corrected chi connectivity index (χ3v) is 6.88. The molecule has 2 aromatic heterocycles. The van der Waals surface area contributed by atoms with Crippen LogP contribution in [0.1, 0.15) is 35.7 Å². The minimum atomic E-state index is -1.05. The van der Waals surface area contributed by atoms with Crippen LogP contribution in [0.25, 0.3) is 22.5 Å². The van der Waals surface area contributed by atoms with Crippen LogP contribution in [0.15, 0.2) is 64.8 Å². The van der Waals surface area contributed by atoms with Crippen molar-refractivity contribution in [3.8, 4) is 22.5 Å². The molecule has 34 heavy (non-hydrogen) atoms. The molecule has 7 nitrogen and oxygen atoms in total. The Bertz CT molecular complexity index is 1350. The first-order valence-corrected chi connectivity index (χ1v) is 12.5. The summed E-state index contributed by atoms with van der Waals surface area (Å²) in [6.45, 7) is 2.02. The lowest BCUT2D eigenvalue weighted by atomic mass is 9.92. The molecule has 174 valence electrons. The molecule has 4 rings (SSSR count). The van der Waals surface area contributed by atoms with E-state index in [1.54, 1.807) is 5.38 Å². The first-order chi connectivity index (χ1) is 16.5. The van der Waals surface area contributed by atoms with E-state index < -0.39 is 5.97 Å². The number of aromatic nitrogens is 2. The predicted molar refractivity (Wildman–Crippen MR) is 136 cm³/mol. The highest BCUT2D eigenvalue weighted by atomic mass is 32.1. The zero-order chi connectivity index (χ0) is 24.1. The van der Waals surface area contributed by atoms with Crippen molar-refractivity contribution >= 4 is 39.7 Å². The van der Waals surface area contributed by atoms with Gasteiger partial charge in [0.05, 0.1) is 5.56 Å². The first kappa shape index (κ1) is 23.6. The van der Waals surface area contributed by atoms with Gasteiger partial charge in [0.1, 0.15) is 5.00 Å². The number of nitrogens with zero attached hydrogens (tertiary/aromatic N) is 1. The van der Waals surface area contributed by atoms with Crippen LogP contribution < -0.4 is 10.2 Å². The van der Waals surface area contributed by atoms with Gasteiger partial charge in [0.15, 0.2) is 5.82 Å². The maximum atomic E-state index is 12.9. The Morgan fingerprint density at radius 1 is 1.09 bits per heavy atom. The van der Waals surface area contributed by atoms with Gasteiger partial charge in [-0.15, -0.1) is 11.3 Å². The molecule has 0 spiro atoms. The quantitative estimate of drug-likeness (QED) is 0.284. The number of thiophene rings is 1. The summed E-state index contributed by atoms with van der Waals surface area (Å²) in [5, 5.41) is 14.1. The minimum Gasteiger partial charge on any atom is -0.478 e. The van der Waals surface area contributed by atoms with Crippen LogP contribution in [0, 0.1) is 5.92 Å². The van der Waals surface area contributed by atoms with Crippen LogP contribution in [0.2, 0.25) is 0 Å². The van der Waals surface area contributed by atoms with Crippen molar-refractivity contribution in [2.75, 3.05) is 5.32 Å². The Morgan fingerprint density at radius 3 is 2.47 bits per heavy atom. The Hall–Kier alpha value is -3.56. The number of rotatable bonds is 9. The fourth-order valence-electron chi connectivity index (χ4n) is 3.85. The molecular weight excluding hydrogens is 470 g/mol. The highest BCUT2D eigenvalue weighted by Gasteiger charge is 2.21. The van der Waals surface area contributed by atoms with E-state index in [1.165, 1.54) is 17.4 Å². The number of hydrogen-bond acceptors (Lipinski definition) is 6. The van der Waals surface area contributed by atoms with Gasteiger partial charge >= 0.3 is 10.8 Å². The lowest BCUT2D eigenvalue weighted by Crippen LogP contribution is -2.25. The number of carboxylic acids is 1. The predicted octanol–water partition coefficient (Wildman–Crippen LogP) is 5.52. The van der Waals surface area contributed by atoms with Gasteiger partial charge in [-0.1, -0.05) is 61.9 Å². The molecule has 0 saturated heterocycles. The van der Waals surface area contributed by atoms with Crippen LogP contribution in [0.5, 0.6) is 0 Å². The molecule has 0 fully saturated rings. The molecule has 0 radical (unpaired) electrons. The Morgan fingerprint density at radius 2 is 1.82 bits per heavy atom. The van der Waals surface area contributed by atoms with Gasteiger partial charge in [-0.05, 0) is 41.0 Å². The van der Waals surface area contributed by atoms with Crippen molar-refractivity contribution in [3.05, 3.63) is 80.8 Å². The Balaban J connectivity index is 1.52. The zero-order valence-electron chi connectivity index (χ0n) is 18.4. The molecule has 0 aliphatic rings. The van der Waals surface area contributed by atoms with E-state index in [0.29, 0.717) is 23.7 Å². The van der Waals surface area contributed by atoms with Gasteiger partial charge in [-0.25, -0.2) is 4.79 Å². The largest absolute Gasteiger partial charge is 0.478 e. The molecular formula is C25H23N3O4S2.